The van der Waals surface area contributed by atoms with Gasteiger partial charge in [0, 0.05) is 0 Å². The maximum atomic E-state index is 11.8. The predicted octanol–water partition coefficient (Wildman–Crippen LogP) is 3.00. The molecule has 0 radical (unpaired) electrons. The van der Waals surface area contributed by atoms with E-state index in [9.17, 15) is 9.90 Å². The molecular formula is C15H18O3. The van der Waals surface area contributed by atoms with Crippen LogP contribution in [0.5, 0.6) is 0 Å². The van der Waals surface area contributed by atoms with E-state index in [4.69, 9.17) is 4.74 Å². The van der Waals surface area contributed by atoms with Crippen LogP contribution in [-0.4, -0.2) is 11.1 Å². The van der Waals surface area contributed by atoms with Crippen LogP contribution in [0.2, 0.25) is 0 Å². The molecule has 1 heterocycles. The fraction of sp³-hybridized carbons (Fsp3) is 0.533. The van der Waals surface area contributed by atoms with E-state index in [2.05, 4.69) is 0 Å². The Hall–Kier alpha value is -1.35. The zero-order valence-corrected chi connectivity index (χ0v) is 10.4. The lowest BCUT2D eigenvalue weighted by molar-refractivity contribution is -0.145. The van der Waals surface area contributed by atoms with Crippen LogP contribution in [0.15, 0.2) is 18.2 Å². The summed E-state index contributed by atoms with van der Waals surface area (Å²) < 4.78 is 5.48. The number of aliphatic carboxylic acids is 1. The summed E-state index contributed by atoms with van der Waals surface area (Å²) in [5.74, 6) is -0.664. The van der Waals surface area contributed by atoms with Gasteiger partial charge >= 0.3 is 5.97 Å². The van der Waals surface area contributed by atoms with Crippen molar-refractivity contribution >= 4 is 5.97 Å². The van der Waals surface area contributed by atoms with Crippen molar-refractivity contribution in [1.82, 2.24) is 0 Å². The van der Waals surface area contributed by atoms with Gasteiger partial charge < -0.3 is 9.84 Å². The van der Waals surface area contributed by atoms with E-state index >= 15 is 0 Å². The summed E-state index contributed by atoms with van der Waals surface area (Å²) in [6.45, 7) is 1.19. The number of rotatable bonds is 2. The Morgan fingerprint density at radius 1 is 1.17 bits per heavy atom. The number of carboxylic acids is 1. The lowest BCUT2D eigenvalue weighted by Crippen LogP contribution is -2.38. The van der Waals surface area contributed by atoms with Crippen molar-refractivity contribution < 1.29 is 14.6 Å². The fourth-order valence-corrected chi connectivity index (χ4v) is 3.41. The van der Waals surface area contributed by atoms with Crippen LogP contribution in [-0.2, 0) is 28.2 Å². The lowest BCUT2D eigenvalue weighted by Gasteiger charge is -2.35. The highest BCUT2D eigenvalue weighted by Gasteiger charge is 2.43. The smallest absolute Gasteiger partial charge is 0.314 e. The first kappa shape index (κ1) is 11.7. The molecule has 0 bridgehead atoms. The molecule has 2 aliphatic rings. The fourth-order valence-electron chi connectivity index (χ4n) is 3.41. The number of carboxylic acid groups (broad SMARTS) is 1. The van der Waals surface area contributed by atoms with Gasteiger partial charge in [-0.25, -0.2) is 0 Å². The molecule has 1 N–H and O–H groups in total. The Morgan fingerprint density at radius 2 is 1.94 bits per heavy atom. The Bertz CT molecular complexity index is 473. The first-order valence-corrected chi connectivity index (χ1v) is 6.66. The topological polar surface area (TPSA) is 46.5 Å². The van der Waals surface area contributed by atoms with Gasteiger partial charge in [0.2, 0.25) is 0 Å². The molecule has 3 rings (SSSR count). The molecular weight excluding hydrogens is 228 g/mol. The zero-order valence-electron chi connectivity index (χ0n) is 10.4. The first-order chi connectivity index (χ1) is 8.74. The molecule has 1 aromatic carbocycles. The molecule has 1 aromatic rings. The third-order valence-corrected chi connectivity index (χ3v) is 4.41. The van der Waals surface area contributed by atoms with Gasteiger partial charge in [0.25, 0.3) is 0 Å². The van der Waals surface area contributed by atoms with E-state index in [1.54, 1.807) is 0 Å². The maximum absolute atomic E-state index is 11.8. The van der Waals surface area contributed by atoms with Crippen molar-refractivity contribution in [3.05, 3.63) is 34.9 Å². The number of hydrogen-bond donors (Lipinski definition) is 1. The Kier molecular flexibility index (Phi) is 2.86. The largest absolute Gasteiger partial charge is 0.481 e. The van der Waals surface area contributed by atoms with Gasteiger partial charge in [0.15, 0.2) is 0 Å². The molecule has 96 valence electrons. The summed E-state index contributed by atoms with van der Waals surface area (Å²) in [4.78, 5) is 11.8. The molecule has 1 saturated carbocycles. The van der Waals surface area contributed by atoms with E-state index in [1.807, 2.05) is 18.2 Å². The van der Waals surface area contributed by atoms with Crippen LogP contribution < -0.4 is 0 Å². The average molecular weight is 246 g/mol. The van der Waals surface area contributed by atoms with E-state index in [-0.39, 0.29) is 0 Å². The predicted molar refractivity (Wildman–Crippen MR) is 67.3 cm³/mol. The Balaban J connectivity index is 2.11. The second-order valence-corrected chi connectivity index (χ2v) is 5.38. The van der Waals surface area contributed by atoms with Crippen molar-refractivity contribution in [2.45, 2.75) is 50.7 Å². The van der Waals surface area contributed by atoms with Crippen molar-refractivity contribution in [1.29, 1.82) is 0 Å². The quantitative estimate of drug-likeness (QED) is 0.872. The summed E-state index contributed by atoms with van der Waals surface area (Å²) in [5, 5.41) is 9.73. The summed E-state index contributed by atoms with van der Waals surface area (Å²) in [6.07, 6.45) is 4.70. The van der Waals surface area contributed by atoms with Gasteiger partial charge in [-0.05, 0) is 29.5 Å². The van der Waals surface area contributed by atoms with Crippen LogP contribution in [0, 0.1) is 0 Å². The van der Waals surface area contributed by atoms with Crippen molar-refractivity contribution in [2.24, 2.45) is 0 Å². The van der Waals surface area contributed by atoms with Crippen LogP contribution in [0.3, 0.4) is 0 Å². The van der Waals surface area contributed by atoms with E-state index in [0.29, 0.717) is 13.2 Å². The standard InChI is InChI=1S/C15H18O3/c16-14(17)15(7-2-1-3-8-15)13-6-4-5-11-9-18-10-12(11)13/h4-6H,1-3,7-10H2,(H,16,17). The third-order valence-electron chi connectivity index (χ3n) is 4.41. The highest BCUT2D eigenvalue weighted by atomic mass is 16.5. The minimum Gasteiger partial charge on any atom is -0.481 e. The number of ether oxygens (including phenoxy) is 1. The first-order valence-electron chi connectivity index (χ1n) is 6.66. The lowest BCUT2D eigenvalue weighted by atomic mass is 9.68. The summed E-state index contributed by atoms with van der Waals surface area (Å²) in [5.41, 5.74) is 2.63. The Morgan fingerprint density at radius 3 is 2.67 bits per heavy atom. The zero-order chi connectivity index (χ0) is 12.6. The molecule has 0 amide bonds. The van der Waals surface area contributed by atoms with E-state index < -0.39 is 11.4 Å². The average Bonchev–Trinajstić information content (AvgIpc) is 2.87. The second kappa shape index (κ2) is 4.39. The molecule has 0 spiro atoms. The van der Waals surface area contributed by atoms with Crippen molar-refractivity contribution in [2.75, 3.05) is 0 Å². The normalized spacial score (nSPS) is 21.6. The maximum Gasteiger partial charge on any atom is 0.314 e. The molecule has 0 saturated heterocycles. The van der Waals surface area contributed by atoms with E-state index in [0.717, 1.165) is 43.2 Å². The Labute approximate surface area is 107 Å². The molecule has 18 heavy (non-hydrogen) atoms. The van der Waals surface area contributed by atoms with Crippen molar-refractivity contribution in [3.8, 4) is 0 Å². The number of fused-ring (bicyclic) bond motifs is 1. The number of hydrogen-bond acceptors (Lipinski definition) is 2. The van der Waals surface area contributed by atoms with Gasteiger partial charge in [0.05, 0.1) is 18.6 Å². The minimum absolute atomic E-state index is 0.570. The molecule has 0 aromatic heterocycles. The van der Waals surface area contributed by atoms with Crippen LogP contribution in [0.4, 0.5) is 0 Å². The molecule has 1 aliphatic heterocycles. The minimum atomic E-state index is -0.669. The second-order valence-electron chi connectivity index (χ2n) is 5.38. The SMILES string of the molecule is O=C(O)C1(c2cccc3c2COC3)CCCCC1. The van der Waals surface area contributed by atoms with Gasteiger partial charge in [-0.3, -0.25) is 4.79 Å². The van der Waals surface area contributed by atoms with Gasteiger partial charge in [-0.15, -0.1) is 0 Å². The molecule has 1 fully saturated rings. The molecule has 3 heteroatoms. The van der Waals surface area contributed by atoms with Crippen LogP contribution in [0.25, 0.3) is 0 Å². The number of benzene rings is 1. The monoisotopic (exact) mass is 246 g/mol. The number of carbonyl (C=O) groups is 1. The molecule has 1 aliphatic carbocycles. The highest BCUT2D eigenvalue weighted by Crippen LogP contribution is 2.43. The van der Waals surface area contributed by atoms with E-state index in [1.165, 1.54) is 5.56 Å². The van der Waals surface area contributed by atoms with Gasteiger partial charge in [0.1, 0.15) is 0 Å². The third kappa shape index (κ3) is 1.65. The summed E-state index contributed by atoms with van der Waals surface area (Å²) in [6, 6.07) is 6.01. The van der Waals surface area contributed by atoms with Gasteiger partial charge in [-0.2, -0.15) is 0 Å². The molecule has 3 nitrogen and oxygen atoms in total. The summed E-state index contributed by atoms with van der Waals surface area (Å²) >= 11 is 0. The molecule has 0 atom stereocenters. The van der Waals surface area contributed by atoms with Crippen molar-refractivity contribution in [3.63, 3.8) is 0 Å². The van der Waals surface area contributed by atoms with Crippen LogP contribution in [0.1, 0.15) is 48.8 Å². The highest BCUT2D eigenvalue weighted by molar-refractivity contribution is 5.82. The summed E-state index contributed by atoms with van der Waals surface area (Å²) in [7, 11) is 0. The van der Waals surface area contributed by atoms with Gasteiger partial charge in [-0.1, -0.05) is 37.5 Å². The molecule has 0 unspecified atom stereocenters. The van der Waals surface area contributed by atoms with Crippen LogP contribution >= 0.6 is 0 Å².